The van der Waals surface area contributed by atoms with Gasteiger partial charge in [0, 0.05) is 49.3 Å². The standard InChI is InChI=1S/C53H33N5/c1-3-14-35(15-4-1)51-54-52(36-16-5-2-6-17-36)56-53(55-51)37-28-26-34(27-29-37)38-18-13-19-40(30-38)57-46-24-11-10-23-44(46)45-31-39-32-49-43-22-8-7-20-41(43)42-21-9-12-25-47(42)58(49)48(39)33-50(45)57/h1-33H. The zero-order chi connectivity index (χ0) is 38.2. The highest BCUT2D eigenvalue weighted by Gasteiger charge is 2.18. The first-order valence-electron chi connectivity index (χ1n) is 19.6. The minimum Gasteiger partial charge on any atom is -0.309 e. The second-order valence-electron chi connectivity index (χ2n) is 14.9. The molecule has 0 spiro atoms. The summed E-state index contributed by atoms with van der Waals surface area (Å²) in [6.07, 6.45) is 0. The number of pyridine rings is 1. The number of aromatic nitrogens is 5. The minimum atomic E-state index is 0.642. The zero-order valence-corrected chi connectivity index (χ0v) is 31.3. The van der Waals surface area contributed by atoms with Gasteiger partial charge in [-0.05, 0) is 59.0 Å². The van der Waals surface area contributed by atoms with E-state index in [-0.39, 0.29) is 0 Å². The summed E-state index contributed by atoms with van der Waals surface area (Å²) in [6.45, 7) is 0. The number of rotatable bonds is 5. The van der Waals surface area contributed by atoms with Gasteiger partial charge >= 0.3 is 0 Å². The van der Waals surface area contributed by atoms with Gasteiger partial charge in [-0.1, -0.05) is 158 Å². The Balaban J connectivity index is 0.995. The number of benzene rings is 8. The molecule has 270 valence electrons. The van der Waals surface area contributed by atoms with E-state index < -0.39 is 0 Å². The summed E-state index contributed by atoms with van der Waals surface area (Å²) in [7, 11) is 0. The van der Waals surface area contributed by atoms with E-state index in [1.54, 1.807) is 0 Å². The van der Waals surface area contributed by atoms with Crippen LogP contribution in [0, 0.1) is 0 Å². The lowest BCUT2D eigenvalue weighted by Crippen LogP contribution is -2.00. The summed E-state index contributed by atoms with van der Waals surface area (Å²) >= 11 is 0. The van der Waals surface area contributed by atoms with Crippen LogP contribution in [0.4, 0.5) is 0 Å². The van der Waals surface area contributed by atoms with Crippen LogP contribution >= 0.6 is 0 Å². The SMILES string of the molecule is c1ccc(-c2nc(-c3ccccc3)nc(-c3ccc(-c4cccc(-n5c6ccccc6c6cc7cc8c9ccccc9c9ccccc9n8c7cc65)c4)cc3)n2)cc1. The van der Waals surface area contributed by atoms with Gasteiger partial charge in [-0.2, -0.15) is 0 Å². The molecule has 0 radical (unpaired) electrons. The lowest BCUT2D eigenvalue weighted by Gasteiger charge is -2.12. The van der Waals surface area contributed by atoms with Crippen molar-refractivity contribution < 1.29 is 0 Å². The van der Waals surface area contributed by atoms with Gasteiger partial charge in [-0.25, -0.2) is 15.0 Å². The molecule has 58 heavy (non-hydrogen) atoms. The Kier molecular flexibility index (Phi) is 7.16. The lowest BCUT2D eigenvalue weighted by molar-refractivity contribution is 1.07. The van der Waals surface area contributed by atoms with Crippen molar-refractivity contribution in [1.82, 2.24) is 23.9 Å². The molecule has 5 heteroatoms. The lowest BCUT2D eigenvalue weighted by atomic mass is 10.0. The average Bonchev–Trinajstić information content (AvgIpc) is 3.84. The molecule has 0 unspecified atom stereocenters. The fraction of sp³-hybridized carbons (Fsp3) is 0. The summed E-state index contributed by atoms with van der Waals surface area (Å²) in [4.78, 5) is 14.8. The van der Waals surface area contributed by atoms with Crippen LogP contribution in [0.25, 0.3) is 111 Å². The molecule has 0 saturated heterocycles. The Morgan fingerprint density at radius 3 is 1.43 bits per heavy atom. The smallest absolute Gasteiger partial charge is 0.164 e. The van der Waals surface area contributed by atoms with Gasteiger partial charge in [-0.3, -0.25) is 0 Å². The molecular weight excluding hydrogens is 707 g/mol. The van der Waals surface area contributed by atoms with Gasteiger partial charge in [0.05, 0.1) is 27.6 Å². The summed E-state index contributed by atoms with van der Waals surface area (Å²) in [6, 6.07) is 71.1. The molecule has 5 nitrogen and oxygen atoms in total. The molecule has 0 fully saturated rings. The Labute approximate surface area is 333 Å². The van der Waals surface area contributed by atoms with Crippen LogP contribution in [0.5, 0.6) is 0 Å². The van der Waals surface area contributed by atoms with Crippen molar-refractivity contribution in [3.05, 3.63) is 200 Å². The molecule has 12 rings (SSSR count). The first-order valence-corrected chi connectivity index (χ1v) is 19.6. The van der Waals surface area contributed by atoms with Crippen LogP contribution < -0.4 is 0 Å². The van der Waals surface area contributed by atoms with Crippen molar-refractivity contribution in [2.24, 2.45) is 0 Å². The molecule has 0 amide bonds. The van der Waals surface area contributed by atoms with Gasteiger partial charge in [0.15, 0.2) is 17.5 Å². The van der Waals surface area contributed by atoms with Crippen molar-refractivity contribution in [1.29, 1.82) is 0 Å². The molecule has 0 bridgehead atoms. The predicted octanol–water partition coefficient (Wildman–Crippen LogP) is 13.3. The first-order chi connectivity index (χ1) is 28.7. The van der Waals surface area contributed by atoms with E-state index in [0.717, 1.165) is 33.5 Å². The number of nitrogens with zero attached hydrogens (tertiary/aromatic N) is 5. The maximum absolute atomic E-state index is 4.95. The highest BCUT2D eigenvalue weighted by atomic mass is 15.0. The maximum Gasteiger partial charge on any atom is 0.164 e. The monoisotopic (exact) mass is 739 g/mol. The van der Waals surface area contributed by atoms with Crippen molar-refractivity contribution in [3.8, 4) is 51.0 Å². The Morgan fingerprint density at radius 2 is 0.776 bits per heavy atom. The van der Waals surface area contributed by atoms with E-state index in [9.17, 15) is 0 Å². The van der Waals surface area contributed by atoms with Crippen molar-refractivity contribution in [2.75, 3.05) is 0 Å². The summed E-state index contributed by atoms with van der Waals surface area (Å²) in [5.74, 6) is 1.95. The number of hydrogen-bond acceptors (Lipinski definition) is 3. The fourth-order valence-corrected chi connectivity index (χ4v) is 8.82. The second-order valence-corrected chi connectivity index (χ2v) is 14.9. The van der Waals surface area contributed by atoms with Crippen molar-refractivity contribution in [2.45, 2.75) is 0 Å². The summed E-state index contributed by atoms with van der Waals surface area (Å²) < 4.78 is 4.87. The van der Waals surface area contributed by atoms with Gasteiger partial charge in [0.1, 0.15) is 0 Å². The molecule has 4 heterocycles. The van der Waals surface area contributed by atoms with Crippen LogP contribution in [0.15, 0.2) is 200 Å². The number of para-hydroxylation sites is 2. The summed E-state index contributed by atoms with van der Waals surface area (Å²) in [5, 5.41) is 7.50. The van der Waals surface area contributed by atoms with Crippen LogP contribution in [0.2, 0.25) is 0 Å². The molecule has 0 N–H and O–H groups in total. The molecule has 0 saturated carbocycles. The highest BCUT2D eigenvalue weighted by molar-refractivity contribution is 6.19. The van der Waals surface area contributed by atoms with Gasteiger partial charge in [-0.15, -0.1) is 0 Å². The van der Waals surface area contributed by atoms with Crippen molar-refractivity contribution >= 4 is 59.9 Å². The highest BCUT2D eigenvalue weighted by Crippen LogP contribution is 2.40. The molecular formula is C53H33N5. The maximum atomic E-state index is 4.95. The van der Waals surface area contributed by atoms with E-state index in [2.05, 4.69) is 148 Å². The quantitative estimate of drug-likeness (QED) is 0.165. The minimum absolute atomic E-state index is 0.642. The Hall–Kier alpha value is -7.89. The number of fused-ring (bicyclic) bond motifs is 11. The van der Waals surface area contributed by atoms with Gasteiger partial charge in [0.25, 0.3) is 0 Å². The third-order valence-corrected chi connectivity index (χ3v) is 11.5. The molecule has 0 atom stereocenters. The van der Waals surface area contributed by atoms with E-state index >= 15 is 0 Å². The Bertz CT molecular complexity index is 3490. The first kappa shape index (κ1) is 32.4. The molecule has 0 aliphatic heterocycles. The zero-order valence-electron chi connectivity index (χ0n) is 31.3. The third kappa shape index (κ3) is 5.07. The number of hydrogen-bond donors (Lipinski definition) is 0. The Morgan fingerprint density at radius 1 is 0.276 bits per heavy atom. The van der Waals surface area contributed by atoms with E-state index in [0.29, 0.717) is 17.5 Å². The normalized spacial score (nSPS) is 11.8. The van der Waals surface area contributed by atoms with E-state index in [4.69, 9.17) is 15.0 Å². The average molecular weight is 740 g/mol. The van der Waals surface area contributed by atoms with E-state index in [1.165, 1.54) is 59.9 Å². The molecule has 4 aromatic heterocycles. The molecule has 12 aromatic rings. The van der Waals surface area contributed by atoms with Gasteiger partial charge in [0.2, 0.25) is 0 Å². The molecule has 8 aromatic carbocycles. The van der Waals surface area contributed by atoms with Crippen LogP contribution in [-0.2, 0) is 0 Å². The topological polar surface area (TPSA) is 48.0 Å². The van der Waals surface area contributed by atoms with Gasteiger partial charge < -0.3 is 8.97 Å². The van der Waals surface area contributed by atoms with E-state index in [1.807, 2.05) is 60.7 Å². The fourth-order valence-electron chi connectivity index (χ4n) is 8.82. The third-order valence-electron chi connectivity index (χ3n) is 11.5. The predicted molar refractivity (Wildman–Crippen MR) is 239 cm³/mol. The molecule has 0 aliphatic rings. The van der Waals surface area contributed by atoms with Crippen LogP contribution in [0.3, 0.4) is 0 Å². The van der Waals surface area contributed by atoms with Crippen molar-refractivity contribution in [3.63, 3.8) is 0 Å². The van der Waals surface area contributed by atoms with Crippen LogP contribution in [0.1, 0.15) is 0 Å². The largest absolute Gasteiger partial charge is 0.309 e. The second kappa shape index (κ2) is 12.8. The molecule has 0 aliphatic carbocycles. The summed E-state index contributed by atoms with van der Waals surface area (Å²) in [5.41, 5.74) is 12.2. The van der Waals surface area contributed by atoms with Crippen LogP contribution in [-0.4, -0.2) is 23.9 Å².